The van der Waals surface area contributed by atoms with Gasteiger partial charge in [-0.3, -0.25) is 9.59 Å². The third-order valence-electron chi connectivity index (χ3n) is 4.88. The Balaban J connectivity index is 1.97. The molecule has 7 nitrogen and oxygen atoms in total. The van der Waals surface area contributed by atoms with Crippen LogP contribution in [0.25, 0.3) is 0 Å². The molecule has 1 amide bonds. The highest BCUT2D eigenvalue weighted by Gasteiger charge is 2.44. The molecule has 0 bridgehead atoms. The molecule has 2 N–H and O–H groups in total. The maximum absolute atomic E-state index is 13.0. The van der Waals surface area contributed by atoms with Crippen LogP contribution in [0.1, 0.15) is 35.5 Å². The number of amides is 1. The Kier molecular flexibility index (Phi) is 6.39. The molecule has 2 heterocycles. The molecular formula is C22H27N2O5+. The quantitative estimate of drug-likeness (QED) is 0.628. The van der Waals surface area contributed by atoms with Crippen molar-refractivity contribution in [1.29, 1.82) is 0 Å². The number of carbonyl (C=O) groups excluding carboxylic acids is 2. The van der Waals surface area contributed by atoms with Gasteiger partial charge in [-0.05, 0) is 36.8 Å². The first-order valence-electron chi connectivity index (χ1n) is 9.78. The lowest BCUT2D eigenvalue weighted by Crippen LogP contribution is -3.05. The molecule has 1 aromatic carbocycles. The second-order valence-corrected chi connectivity index (χ2v) is 7.28. The zero-order valence-corrected chi connectivity index (χ0v) is 17.0. The lowest BCUT2D eigenvalue weighted by Gasteiger charge is -2.27. The number of nitrogens with zero attached hydrogens (tertiary/aromatic N) is 1. The average Bonchev–Trinajstić information content (AvgIpc) is 3.31. The van der Waals surface area contributed by atoms with E-state index in [0.717, 1.165) is 18.5 Å². The van der Waals surface area contributed by atoms with Crippen LogP contribution in [-0.4, -0.2) is 55.5 Å². The number of ether oxygens (including phenoxy) is 1. The first kappa shape index (κ1) is 20.7. The Bertz CT molecular complexity index is 884. The van der Waals surface area contributed by atoms with Gasteiger partial charge in [-0.25, -0.2) is 0 Å². The van der Waals surface area contributed by atoms with Crippen molar-refractivity contribution < 1.29 is 28.7 Å². The monoisotopic (exact) mass is 399 g/mol. The topological polar surface area (TPSA) is 84.4 Å². The maximum atomic E-state index is 13.0. The van der Waals surface area contributed by atoms with E-state index in [4.69, 9.17) is 9.15 Å². The lowest BCUT2D eigenvalue weighted by molar-refractivity contribution is -0.858. The van der Waals surface area contributed by atoms with Crippen LogP contribution < -0.4 is 9.64 Å². The Morgan fingerprint density at radius 2 is 1.97 bits per heavy atom. The summed E-state index contributed by atoms with van der Waals surface area (Å²) < 4.78 is 10.7. The number of benzene rings is 1. The molecule has 29 heavy (non-hydrogen) atoms. The minimum absolute atomic E-state index is 0.0475. The van der Waals surface area contributed by atoms with Crippen molar-refractivity contribution in [1.82, 2.24) is 4.90 Å². The number of Topliss-reactive ketones (excluding diaryl/α,β-unsaturated/α-hetero) is 1. The molecule has 0 fully saturated rings. The predicted molar refractivity (Wildman–Crippen MR) is 107 cm³/mol. The highest BCUT2D eigenvalue weighted by atomic mass is 16.5. The summed E-state index contributed by atoms with van der Waals surface area (Å²) in [4.78, 5) is 28.7. The molecule has 3 rings (SSSR count). The van der Waals surface area contributed by atoms with Crippen LogP contribution in [0.3, 0.4) is 0 Å². The second-order valence-electron chi connectivity index (χ2n) is 7.28. The van der Waals surface area contributed by atoms with E-state index in [9.17, 15) is 14.7 Å². The highest BCUT2D eigenvalue weighted by Crippen LogP contribution is 2.39. The number of aliphatic hydroxyl groups is 1. The highest BCUT2D eigenvalue weighted by molar-refractivity contribution is 6.15. The van der Waals surface area contributed by atoms with Gasteiger partial charge in [0, 0.05) is 13.0 Å². The van der Waals surface area contributed by atoms with Crippen LogP contribution in [0.5, 0.6) is 5.75 Å². The smallest absolute Gasteiger partial charge is 0.290 e. The Morgan fingerprint density at radius 3 is 2.55 bits per heavy atom. The van der Waals surface area contributed by atoms with E-state index in [1.54, 1.807) is 23.1 Å². The summed E-state index contributed by atoms with van der Waals surface area (Å²) >= 11 is 0. The Hall–Kier alpha value is -3.06. The van der Waals surface area contributed by atoms with E-state index < -0.39 is 23.5 Å². The van der Waals surface area contributed by atoms with E-state index >= 15 is 0 Å². The van der Waals surface area contributed by atoms with Gasteiger partial charge in [0.05, 0.1) is 45.1 Å². The first-order valence-corrected chi connectivity index (χ1v) is 9.78. The van der Waals surface area contributed by atoms with Gasteiger partial charge in [0.2, 0.25) is 5.78 Å². The molecule has 0 saturated carbocycles. The van der Waals surface area contributed by atoms with Gasteiger partial charge < -0.3 is 24.1 Å². The van der Waals surface area contributed by atoms with Crippen LogP contribution in [0.4, 0.5) is 0 Å². The molecule has 0 saturated heterocycles. The molecule has 1 atom stereocenters. The zero-order chi connectivity index (χ0) is 21.0. The SMILES string of the molecule is CCOc1ccc([C@@H]2C(C(=O)c3ccco3)=C(O)C(=O)N2CCC[NH+](C)C)cc1. The molecule has 0 spiro atoms. The van der Waals surface area contributed by atoms with E-state index in [1.807, 2.05) is 33.2 Å². The van der Waals surface area contributed by atoms with Crippen LogP contribution in [-0.2, 0) is 4.79 Å². The van der Waals surface area contributed by atoms with Gasteiger partial charge in [0.25, 0.3) is 5.91 Å². The zero-order valence-electron chi connectivity index (χ0n) is 17.0. The van der Waals surface area contributed by atoms with E-state index in [2.05, 4.69) is 0 Å². The Morgan fingerprint density at radius 1 is 1.24 bits per heavy atom. The molecule has 2 aromatic rings. The molecule has 7 heteroatoms. The summed E-state index contributed by atoms with van der Waals surface area (Å²) in [5.41, 5.74) is 0.782. The molecule has 1 aromatic heterocycles. The maximum Gasteiger partial charge on any atom is 0.290 e. The molecule has 154 valence electrons. The van der Waals surface area contributed by atoms with Crippen LogP contribution >= 0.6 is 0 Å². The first-order chi connectivity index (χ1) is 13.9. The van der Waals surface area contributed by atoms with Crippen LogP contribution in [0.2, 0.25) is 0 Å². The average molecular weight is 399 g/mol. The van der Waals surface area contributed by atoms with Gasteiger partial charge in [-0.15, -0.1) is 0 Å². The summed E-state index contributed by atoms with van der Waals surface area (Å²) in [5.74, 6) is -0.735. The van der Waals surface area contributed by atoms with Gasteiger partial charge in [-0.2, -0.15) is 0 Å². The van der Waals surface area contributed by atoms with Crippen molar-refractivity contribution >= 4 is 11.7 Å². The predicted octanol–water partition coefficient (Wildman–Crippen LogP) is 1.79. The fourth-order valence-electron chi connectivity index (χ4n) is 3.52. The lowest BCUT2D eigenvalue weighted by atomic mass is 9.95. The van der Waals surface area contributed by atoms with Gasteiger partial charge in [0.15, 0.2) is 11.5 Å². The summed E-state index contributed by atoms with van der Waals surface area (Å²) in [5, 5.41) is 10.6. The van der Waals surface area contributed by atoms with Crippen molar-refractivity contribution in [2.75, 3.05) is 33.8 Å². The standard InChI is InChI=1S/C22H26N2O5/c1-4-28-16-10-8-15(9-11-16)19-18(20(25)17-7-5-14-29-17)21(26)22(27)24(19)13-6-12-23(2)3/h5,7-11,14,19,26H,4,6,12-13H2,1-3H3/p+1/t19-/m1/s1. The fraction of sp³-hybridized carbons (Fsp3) is 0.364. The fourth-order valence-corrected chi connectivity index (χ4v) is 3.52. The van der Waals surface area contributed by atoms with Crippen molar-refractivity contribution in [3.05, 3.63) is 65.3 Å². The van der Waals surface area contributed by atoms with Crippen LogP contribution in [0, 0.1) is 0 Å². The number of furan rings is 1. The van der Waals surface area contributed by atoms with Crippen LogP contribution in [0.15, 0.2) is 58.4 Å². The minimum Gasteiger partial charge on any atom is -0.503 e. The molecule has 1 aliphatic heterocycles. The number of carbonyl (C=O) groups is 2. The summed E-state index contributed by atoms with van der Waals surface area (Å²) in [7, 11) is 4.08. The number of aliphatic hydroxyl groups excluding tert-OH is 1. The second kappa shape index (κ2) is 8.96. The molecule has 0 aliphatic carbocycles. The van der Waals surface area contributed by atoms with E-state index in [1.165, 1.54) is 17.2 Å². The summed E-state index contributed by atoms with van der Waals surface area (Å²) in [6, 6.07) is 9.70. The molecule has 0 unspecified atom stereocenters. The summed E-state index contributed by atoms with van der Waals surface area (Å²) in [6.07, 6.45) is 2.14. The number of rotatable bonds is 9. The van der Waals surface area contributed by atoms with Crippen molar-refractivity contribution in [2.45, 2.75) is 19.4 Å². The number of quaternary nitrogens is 1. The number of hydrogen-bond acceptors (Lipinski definition) is 5. The van der Waals surface area contributed by atoms with E-state index in [-0.39, 0.29) is 11.3 Å². The Labute approximate surface area is 170 Å². The minimum atomic E-state index is -0.673. The summed E-state index contributed by atoms with van der Waals surface area (Å²) in [6.45, 7) is 3.74. The largest absolute Gasteiger partial charge is 0.503 e. The van der Waals surface area contributed by atoms with Crippen molar-refractivity contribution in [3.63, 3.8) is 0 Å². The van der Waals surface area contributed by atoms with Gasteiger partial charge >= 0.3 is 0 Å². The third-order valence-corrected chi connectivity index (χ3v) is 4.88. The molecular weight excluding hydrogens is 372 g/mol. The van der Waals surface area contributed by atoms with E-state index in [0.29, 0.717) is 18.9 Å². The van der Waals surface area contributed by atoms with Gasteiger partial charge in [-0.1, -0.05) is 12.1 Å². The van der Waals surface area contributed by atoms with Crippen molar-refractivity contribution in [2.24, 2.45) is 0 Å². The van der Waals surface area contributed by atoms with Gasteiger partial charge in [0.1, 0.15) is 5.75 Å². The number of ketones is 1. The number of nitrogens with one attached hydrogen (secondary N) is 1. The third kappa shape index (κ3) is 4.35. The molecule has 0 radical (unpaired) electrons. The molecule has 1 aliphatic rings. The normalized spacial score (nSPS) is 16.8. The number of hydrogen-bond donors (Lipinski definition) is 2. The van der Waals surface area contributed by atoms with Crippen molar-refractivity contribution in [3.8, 4) is 5.75 Å².